The van der Waals surface area contributed by atoms with E-state index in [2.05, 4.69) is 5.32 Å². The molecular weight excluding hydrogens is 370 g/mol. The maximum atomic E-state index is 12.1. The molecule has 0 bridgehead atoms. The van der Waals surface area contributed by atoms with Gasteiger partial charge in [-0.05, 0) is 41.5 Å². The second-order valence-corrected chi connectivity index (χ2v) is 6.46. The molecule has 4 rings (SSSR count). The Morgan fingerprint density at radius 1 is 0.963 bits per heavy atom. The smallest absolute Gasteiger partial charge is 0.244 e. The molecular formula is C20H18ClNO5. The number of amides is 1. The number of benzene rings is 2. The molecule has 0 aromatic heterocycles. The van der Waals surface area contributed by atoms with Crippen molar-refractivity contribution in [2.45, 2.75) is 6.54 Å². The van der Waals surface area contributed by atoms with E-state index in [1.165, 1.54) is 6.08 Å². The van der Waals surface area contributed by atoms with Gasteiger partial charge in [-0.3, -0.25) is 4.79 Å². The van der Waals surface area contributed by atoms with E-state index in [1.54, 1.807) is 18.2 Å². The SMILES string of the molecule is O=C(/C=C/c1cc(Cl)c2c(c1)OCCO2)NCc1ccc2c(c1)OCCO2. The minimum atomic E-state index is -0.212. The normalized spacial score (nSPS) is 14.9. The number of ether oxygens (including phenoxy) is 4. The van der Waals surface area contributed by atoms with E-state index in [-0.39, 0.29) is 5.91 Å². The van der Waals surface area contributed by atoms with Crippen molar-refractivity contribution in [3.8, 4) is 23.0 Å². The summed E-state index contributed by atoms with van der Waals surface area (Å²) >= 11 is 6.20. The lowest BCUT2D eigenvalue weighted by atomic mass is 10.1. The summed E-state index contributed by atoms with van der Waals surface area (Å²) in [5.41, 5.74) is 1.70. The molecule has 2 aromatic carbocycles. The van der Waals surface area contributed by atoms with Crippen molar-refractivity contribution in [1.82, 2.24) is 5.32 Å². The number of hydrogen-bond donors (Lipinski definition) is 1. The van der Waals surface area contributed by atoms with Crippen LogP contribution in [0.3, 0.4) is 0 Å². The molecule has 7 heteroatoms. The van der Waals surface area contributed by atoms with E-state index in [0.717, 1.165) is 16.9 Å². The predicted octanol–water partition coefficient (Wildman–Crippen LogP) is 3.21. The Labute approximate surface area is 161 Å². The zero-order valence-corrected chi connectivity index (χ0v) is 15.3. The van der Waals surface area contributed by atoms with Gasteiger partial charge in [-0.2, -0.15) is 0 Å². The number of hydrogen-bond acceptors (Lipinski definition) is 5. The Kier molecular flexibility index (Phi) is 5.07. The van der Waals surface area contributed by atoms with Gasteiger partial charge in [0.15, 0.2) is 23.0 Å². The summed E-state index contributed by atoms with van der Waals surface area (Å²) < 4.78 is 22.1. The van der Waals surface area contributed by atoms with E-state index in [1.807, 2.05) is 18.2 Å². The molecule has 2 aliphatic rings. The fraction of sp³-hybridized carbons (Fsp3) is 0.250. The Hall–Kier alpha value is -2.86. The molecule has 2 aromatic rings. The molecule has 1 amide bonds. The zero-order chi connectivity index (χ0) is 18.6. The van der Waals surface area contributed by atoms with Gasteiger partial charge < -0.3 is 24.3 Å². The van der Waals surface area contributed by atoms with Gasteiger partial charge in [0.1, 0.15) is 26.4 Å². The molecule has 0 saturated carbocycles. The number of rotatable bonds is 4. The number of nitrogens with one attached hydrogen (secondary N) is 1. The first-order valence-electron chi connectivity index (χ1n) is 8.62. The molecule has 0 fully saturated rings. The molecule has 0 aliphatic carbocycles. The second kappa shape index (κ2) is 7.80. The first-order chi connectivity index (χ1) is 13.2. The monoisotopic (exact) mass is 387 g/mol. The van der Waals surface area contributed by atoms with Crippen LogP contribution in [-0.4, -0.2) is 32.3 Å². The van der Waals surface area contributed by atoms with Gasteiger partial charge in [-0.1, -0.05) is 17.7 Å². The average molecular weight is 388 g/mol. The highest BCUT2D eigenvalue weighted by Crippen LogP contribution is 2.38. The molecule has 0 radical (unpaired) electrons. The number of fused-ring (bicyclic) bond motifs is 2. The first kappa shape index (κ1) is 17.5. The number of carbonyl (C=O) groups excluding carboxylic acids is 1. The number of carbonyl (C=O) groups is 1. The van der Waals surface area contributed by atoms with Crippen LogP contribution in [0.2, 0.25) is 5.02 Å². The lowest BCUT2D eigenvalue weighted by Gasteiger charge is -2.19. The van der Waals surface area contributed by atoms with E-state index in [9.17, 15) is 4.79 Å². The van der Waals surface area contributed by atoms with Crippen LogP contribution in [0.25, 0.3) is 6.08 Å². The van der Waals surface area contributed by atoms with Crippen LogP contribution in [0.4, 0.5) is 0 Å². The first-order valence-corrected chi connectivity index (χ1v) is 9.00. The summed E-state index contributed by atoms with van der Waals surface area (Å²) in [4.78, 5) is 12.1. The molecule has 1 N–H and O–H groups in total. The van der Waals surface area contributed by atoms with Crippen molar-refractivity contribution < 1.29 is 23.7 Å². The van der Waals surface area contributed by atoms with Crippen molar-refractivity contribution in [2.24, 2.45) is 0 Å². The molecule has 2 heterocycles. The molecule has 0 saturated heterocycles. The molecule has 0 spiro atoms. The Morgan fingerprint density at radius 3 is 2.56 bits per heavy atom. The van der Waals surface area contributed by atoms with Gasteiger partial charge >= 0.3 is 0 Å². The standard InChI is InChI=1S/C20H18ClNO5/c21-15-9-13(10-18-20(15)27-8-7-26-18)2-4-19(23)22-12-14-1-3-16-17(11-14)25-6-5-24-16/h1-4,9-11H,5-8,12H2,(H,22,23)/b4-2+. The van der Waals surface area contributed by atoms with Crippen molar-refractivity contribution in [3.05, 3.63) is 52.6 Å². The third kappa shape index (κ3) is 4.11. The highest BCUT2D eigenvalue weighted by Gasteiger charge is 2.16. The molecule has 27 heavy (non-hydrogen) atoms. The molecule has 6 nitrogen and oxygen atoms in total. The van der Waals surface area contributed by atoms with Crippen LogP contribution in [-0.2, 0) is 11.3 Å². The van der Waals surface area contributed by atoms with Gasteiger partial charge in [0.25, 0.3) is 0 Å². The van der Waals surface area contributed by atoms with Gasteiger partial charge in [0.2, 0.25) is 5.91 Å². The van der Waals surface area contributed by atoms with Crippen LogP contribution in [0.15, 0.2) is 36.4 Å². The summed E-state index contributed by atoms with van der Waals surface area (Å²) in [6.45, 7) is 2.43. The van der Waals surface area contributed by atoms with E-state index >= 15 is 0 Å². The lowest BCUT2D eigenvalue weighted by molar-refractivity contribution is -0.116. The molecule has 2 aliphatic heterocycles. The quantitative estimate of drug-likeness (QED) is 0.816. The van der Waals surface area contributed by atoms with Crippen LogP contribution >= 0.6 is 11.6 Å². The van der Waals surface area contributed by atoms with Crippen molar-refractivity contribution in [3.63, 3.8) is 0 Å². The summed E-state index contributed by atoms with van der Waals surface area (Å²) in [5, 5.41) is 3.30. The maximum absolute atomic E-state index is 12.1. The van der Waals surface area contributed by atoms with Crippen molar-refractivity contribution >= 4 is 23.6 Å². The number of halogens is 1. The predicted molar refractivity (Wildman–Crippen MR) is 101 cm³/mol. The molecule has 0 atom stereocenters. The molecule has 0 unspecified atom stereocenters. The largest absolute Gasteiger partial charge is 0.486 e. The Bertz CT molecular complexity index is 896. The highest BCUT2D eigenvalue weighted by molar-refractivity contribution is 6.32. The zero-order valence-electron chi connectivity index (χ0n) is 14.5. The van der Waals surface area contributed by atoms with Gasteiger partial charge in [0, 0.05) is 12.6 Å². The average Bonchev–Trinajstić information content (AvgIpc) is 2.70. The summed E-state index contributed by atoms with van der Waals surface area (Å²) in [6.07, 6.45) is 3.14. The lowest BCUT2D eigenvalue weighted by Crippen LogP contribution is -2.21. The van der Waals surface area contributed by atoms with E-state index in [4.69, 9.17) is 30.5 Å². The Morgan fingerprint density at radius 2 is 1.70 bits per heavy atom. The fourth-order valence-electron chi connectivity index (χ4n) is 2.84. The Balaban J connectivity index is 1.37. The van der Waals surface area contributed by atoms with Crippen LogP contribution in [0.5, 0.6) is 23.0 Å². The third-order valence-corrected chi connectivity index (χ3v) is 4.40. The van der Waals surface area contributed by atoms with Crippen LogP contribution in [0, 0.1) is 0 Å². The third-order valence-electron chi connectivity index (χ3n) is 4.12. The maximum Gasteiger partial charge on any atom is 0.244 e. The van der Waals surface area contributed by atoms with Gasteiger partial charge in [-0.15, -0.1) is 0 Å². The fourth-order valence-corrected chi connectivity index (χ4v) is 3.12. The summed E-state index contributed by atoms with van der Waals surface area (Å²) in [5.74, 6) is 2.35. The minimum absolute atomic E-state index is 0.212. The topological polar surface area (TPSA) is 66.0 Å². The van der Waals surface area contributed by atoms with Crippen molar-refractivity contribution in [1.29, 1.82) is 0 Å². The summed E-state index contributed by atoms with van der Waals surface area (Å²) in [6, 6.07) is 9.16. The second-order valence-electron chi connectivity index (χ2n) is 6.06. The summed E-state index contributed by atoms with van der Waals surface area (Å²) in [7, 11) is 0. The van der Waals surface area contributed by atoms with Crippen molar-refractivity contribution in [2.75, 3.05) is 26.4 Å². The van der Waals surface area contributed by atoms with Gasteiger partial charge in [-0.25, -0.2) is 0 Å². The van der Waals surface area contributed by atoms with E-state index < -0.39 is 0 Å². The van der Waals surface area contributed by atoms with Crippen LogP contribution in [0.1, 0.15) is 11.1 Å². The van der Waals surface area contributed by atoms with Crippen LogP contribution < -0.4 is 24.3 Å². The molecule has 140 valence electrons. The van der Waals surface area contributed by atoms with E-state index in [0.29, 0.717) is 55.2 Å². The minimum Gasteiger partial charge on any atom is -0.486 e. The van der Waals surface area contributed by atoms with Gasteiger partial charge in [0.05, 0.1) is 5.02 Å². The highest BCUT2D eigenvalue weighted by atomic mass is 35.5.